The van der Waals surface area contributed by atoms with E-state index in [0.717, 1.165) is 19.6 Å². The number of hydrogen-bond acceptors (Lipinski definition) is 3. The molecule has 2 rings (SSSR count). The number of hydrogen-bond donors (Lipinski definition) is 0. The summed E-state index contributed by atoms with van der Waals surface area (Å²) in [5.74, 6) is -0.425. The van der Waals surface area contributed by atoms with Crippen molar-refractivity contribution in [2.24, 2.45) is 10.9 Å². The highest BCUT2D eigenvalue weighted by atomic mass is 35.5. The third kappa shape index (κ3) is 3.16. The Hall–Kier alpha value is -1.04. The second-order valence-corrected chi connectivity index (χ2v) is 5.50. The summed E-state index contributed by atoms with van der Waals surface area (Å²) in [6.07, 6.45) is 5.23. The average Bonchev–Trinajstić information content (AvgIpc) is 2.44. The molecule has 0 N–H and O–H groups in total. The van der Waals surface area contributed by atoms with Crippen molar-refractivity contribution < 1.29 is 4.79 Å². The van der Waals surface area contributed by atoms with Crippen LogP contribution in [0.4, 0.5) is 0 Å². The van der Waals surface area contributed by atoms with Crippen molar-refractivity contribution in [2.75, 3.05) is 26.2 Å². The van der Waals surface area contributed by atoms with Gasteiger partial charge in [0.15, 0.2) is 0 Å². The minimum Gasteiger partial charge on any atom is -0.302 e. The summed E-state index contributed by atoms with van der Waals surface area (Å²) < 4.78 is 0. The summed E-state index contributed by atoms with van der Waals surface area (Å²) >= 11 is 11.2. The van der Waals surface area contributed by atoms with Crippen molar-refractivity contribution in [2.45, 2.75) is 13.8 Å². The maximum atomic E-state index is 12.5. The van der Waals surface area contributed by atoms with Gasteiger partial charge in [0.05, 0.1) is 5.71 Å². The molecule has 2 aliphatic rings. The molecule has 1 aliphatic heterocycles. The Morgan fingerprint density at radius 1 is 1.40 bits per heavy atom. The molecule has 6 heteroatoms. The fraction of sp³-hybridized carbons (Fsp3) is 0.500. The molecule has 0 bridgehead atoms. The number of thiocarbonyl (C=S) groups is 1. The normalized spacial score (nSPS) is 22.0. The molecule has 0 aromatic carbocycles. The van der Waals surface area contributed by atoms with Crippen LogP contribution >= 0.6 is 23.8 Å². The van der Waals surface area contributed by atoms with Gasteiger partial charge < -0.3 is 4.90 Å². The lowest BCUT2D eigenvalue weighted by atomic mass is 9.95. The number of rotatable bonds is 5. The monoisotopic (exact) mass is 311 g/mol. The molecule has 20 heavy (non-hydrogen) atoms. The van der Waals surface area contributed by atoms with Gasteiger partial charge in [-0.15, -0.1) is 0 Å². The highest BCUT2D eigenvalue weighted by molar-refractivity contribution is 7.80. The van der Waals surface area contributed by atoms with E-state index in [2.05, 4.69) is 23.7 Å². The summed E-state index contributed by atoms with van der Waals surface area (Å²) in [7, 11) is 0. The summed E-state index contributed by atoms with van der Waals surface area (Å²) in [4.78, 5) is 20.7. The van der Waals surface area contributed by atoms with Crippen LogP contribution in [0.2, 0.25) is 0 Å². The second-order valence-electron chi connectivity index (χ2n) is 4.70. The molecule has 0 radical (unpaired) electrons. The van der Waals surface area contributed by atoms with Gasteiger partial charge in [0.25, 0.3) is 0 Å². The van der Waals surface area contributed by atoms with Crippen molar-refractivity contribution in [1.29, 1.82) is 0 Å². The van der Waals surface area contributed by atoms with Gasteiger partial charge in [-0.25, -0.2) is 4.99 Å². The molecule has 4 nitrogen and oxygen atoms in total. The van der Waals surface area contributed by atoms with Gasteiger partial charge in [0.2, 0.25) is 11.0 Å². The second kappa shape index (κ2) is 6.61. The summed E-state index contributed by atoms with van der Waals surface area (Å²) in [6, 6.07) is 0. The van der Waals surface area contributed by atoms with Crippen molar-refractivity contribution in [3.8, 4) is 0 Å². The highest BCUT2D eigenvalue weighted by Crippen LogP contribution is 2.23. The van der Waals surface area contributed by atoms with E-state index >= 15 is 0 Å². The van der Waals surface area contributed by atoms with Crippen LogP contribution in [0.25, 0.3) is 0 Å². The number of nitrogens with zero attached hydrogens (tertiary/aromatic N) is 3. The smallest absolute Gasteiger partial charge is 0.241 e. The average molecular weight is 312 g/mol. The third-order valence-corrected chi connectivity index (χ3v) is 4.14. The largest absolute Gasteiger partial charge is 0.302 e. The van der Waals surface area contributed by atoms with Crippen LogP contribution in [0, 0.1) is 5.92 Å². The van der Waals surface area contributed by atoms with Crippen LogP contribution in [0.5, 0.6) is 0 Å². The van der Waals surface area contributed by atoms with Crippen LogP contribution in [0.15, 0.2) is 28.3 Å². The van der Waals surface area contributed by atoms with E-state index in [9.17, 15) is 4.79 Å². The van der Waals surface area contributed by atoms with E-state index in [-0.39, 0.29) is 5.91 Å². The lowest BCUT2D eigenvalue weighted by molar-refractivity contribution is -0.128. The fourth-order valence-corrected chi connectivity index (χ4v) is 2.77. The van der Waals surface area contributed by atoms with Crippen LogP contribution in [0.1, 0.15) is 13.8 Å². The maximum Gasteiger partial charge on any atom is 0.241 e. The topological polar surface area (TPSA) is 35.9 Å². The maximum absolute atomic E-state index is 12.5. The number of fused-ring (bicyclic) bond motifs is 1. The molecule has 0 aromatic rings. The molecule has 1 unspecified atom stereocenters. The van der Waals surface area contributed by atoms with Crippen molar-refractivity contribution in [3.05, 3.63) is 23.3 Å². The quantitative estimate of drug-likeness (QED) is 0.730. The molecule has 0 aromatic heterocycles. The molecule has 1 amide bonds. The van der Waals surface area contributed by atoms with Gasteiger partial charge in [0, 0.05) is 18.1 Å². The Kier molecular flexibility index (Phi) is 5.07. The van der Waals surface area contributed by atoms with Gasteiger partial charge in [0.1, 0.15) is 5.92 Å². The first-order valence-corrected chi connectivity index (χ1v) is 7.57. The van der Waals surface area contributed by atoms with Gasteiger partial charge in [-0.1, -0.05) is 25.4 Å². The lowest BCUT2D eigenvalue weighted by Gasteiger charge is -2.32. The Labute approximate surface area is 129 Å². The molecule has 1 atom stereocenters. The fourth-order valence-electron chi connectivity index (χ4n) is 2.29. The number of aliphatic imine (C=N–C) groups is 1. The number of carbonyl (C=O) groups is 1. The molecular formula is C14H18ClN3OS. The van der Waals surface area contributed by atoms with E-state index in [0.29, 0.717) is 22.4 Å². The SMILES string of the molecule is CCN(CC)CCN1C(=O)C2C=C(Cl)C=CC2=NC1=S. The van der Waals surface area contributed by atoms with Gasteiger partial charge in [-0.05, 0) is 43.5 Å². The van der Waals surface area contributed by atoms with Crippen molar-refractivity contribution >= 4 is 40.6 Å². The number of likely N-dealkylation sites (N-methyl/N-ethyl adjacent to an activating group) is 1. The molecule has 1 aliphatic carbocycles. The molecule has 108 valence electrons. The van der Waals surface area contributed by atoms with E-state index in [1.165, 1.54) is 0 Å². The first-order valence-electron chi connectivity index (χ1n) is 6.78. The van der Waals surface area contributed by atoms with Crippen molar-refractivity contribution in [1.82, 2.24) is 9.80 Å². The van der Waals surface area contributed by atoms with E-state index in [1.807, 2.05) is 0 Å². The molecular weight excluding hydrogens is 294 g/mol. The minimum atomic E-state index is -0.393. The van der Waals surface area contributed by atoms with Crippen molar-refractivity contribution in [3.63, 3.8) is 0 Å². The van der Waals surface area contributed by atoms with Gasteiger partial charge in [-0.3, -0.25) is 9.69 Å². The van der Waals surface area contributed by atoms with E-state index < -0.39 is 5.92 Å². The highest BCUT2D eigenvalue weighted by Gasteiger charge is 2.34. The van der Waals surface area contributed by atoms with Gasteiger partial charge >= 0.3 is 0 Å². The van der Waals surface area contributed by atoms with Crippen LogP contribution in [0.3, 0.4) is 0 Å². The third-order valence-electron chi connectivity index (χ3n) is 3.58. The van der Waals surface area contributed by atoms with Crippen LogP contribution < -0.4 is 0 Å². The molecule has 1 heterocycles. The van der Waals surface area contributed by atoms with Crippen LogP contribution in [-0.4, -0.2) is 52.7 Å². The predicted molar refractivity (Wildman–Crippen MR) is 86.1 cm³/mol. The minimum absolute atomic E-state index is 0.0327. The summed E-state index contributed by atoms with van der Waals surface area (Å²) in [5, 5.41) is 0.920. The standard InChI is InChI=1S/C14H18ClN3OS/c1-3-17(4-2)7-8-18-13(19)11-9-10(15)5-6-12(11)16-14(18)20/h5-6,9,11H,3-4,7-8H2,1-2H3. The lowest BCUT2D eigenvalue weighted by Crippen LogP contribution is -2.48. The molecule has 0 fully saturated rings. The Balaban J connectivity index is 2.12. The number of allylic oxidation sites excluding steroid dienone is 3. The molecule has 0 saturated carbocycles. The Bertz CT molecular complexity index is 509. The predicted octanol–water partition coefficient (Wildman–Crippen LogP) is 2.21. The van der Waals surface area contributed by atoms with E-state index in [1.54, 1.807) is 23.1 Å². The molecule has 0 saturated heterocycles. The zero-order valence-corrected chi connectivity index (χ0v) is 13.2. The Morgan fingerprint density at radius 3 is 2.75 bits per heavy atom. The zero-order valence-electron chi connectivity index (χ0n) is 11.7. The molecule has 0 spiro atoms. The number of halogens is 1. The first-order chi connectivity index (χ1) is 9.56. The van der Waals surface area contributed by atoms with Crippen LogP contribution in [-0.2, 0) is 4.79 Å². The van der Waals surface area contributed by atoms with E-state index in [4.69, 9.17) is 23.8 Å². The summed E-state index contributed by atoms with van der Waals surface area (Å²) in [5.41, 5.74) is 0.684. The van der Waals surface area contributed by atoms with Gasteiger partial charge in [-0.2, -0.15) is 0 Å². The summed E-state index contributed by atoms with van der Waals surface area (Å²) in [6.45, 7) is 7.48. The number of carbonyl (C=O) groups excluding carboxylic acids is 1. The zero-order chi connectivity index (χ0) is 14.7. The number of amides is 1. The first kappa shape index (κ1) is 15.4. The Morgan fingerprint density at radius 2 is 2.10 bits per heavy atom.